The Kier molecular flexibility index (Phi) is 6.61. The summed E-state index contributed by atoms with van der Waals surface area (Å²) in [5.41, 5.74) is 3.24. The number of benzene rings is 2. The molecule has 1 heterocycles. The summed E-state index contributed by atoms with van der Waals surface area (Å²) in [6.45, 7) is 5.54. The highest BCUT2D eigenvalue weighted by Crippen LogP contribution is 2.38. The average Bonchev–Trinajstić information content (AvgIpc) is 3.62. The topological polar surface area (TPSA) is 85.7 Å². The number of sulfonamides is 1. The Morgan fingerprint density at radius 3 is 2.26 bits per heavy atom. The molecule has 0 bridgehead atoms. The van der Waals surface area contributed by atoms with Crippen molar-refractivity contribution >= 4 is 27.5 Å². The lowest BCUT2D eigenvalue weighted by Crippen LogP contribution is -2.30. The summed E-state index contributed by atoms with van der Waals surface area (Å²) in [6, 6.07) is 16.7. The van der Waals surface area contributed by atoms with Crippen molar-refractivity contribution in [1.29, 1.82) is 0 Å². The van der Waals surface area contributed by atoms with E-state index >= 15 is 0 Å². The molecule has 178 valence electrons. The molecule has 0 spiro atoms. The van der Waals surface area contributed by atoms with Crippen LogP contribution in [-0.4, -0.2) is 37.9 Å². The van der Waals surface area contributed by atoms with Crippen molar-refractivity contribution in [2.75, 3.05) is 17.5 Å². The predicted molar refractivity (Wildman–Crippen MR) is 130 cm³/mol. The number of rotatable bonds is 9. The van der Waals surface area contributed by atoms with Gasteiger partial charge in [-0.05, 0) is 76.1 Å². The number of hydrogen-bond acceptors (Lipinski definition) is 5. The molecular formula is C26H28N2O5S. The molecular weight excluding hydrogens is 452 g/mol. The minimum Gasteiger partial charge on any atom is -0.454 e. The highest BCUT2D eigenvalue weighted by molar-refractivity contribution is 7.92. The van der Waals surface area contributed by atoms with Gasteiger partial charge in [0.2, 0.25) is 5.78 Å². The van der Waals surface area contributed by atoms with Crippen molar-refractivity contribution in [3.05, 3.63) is 83.2 Å². The second kappa shape index (κ2) is 9.46. The number of aryl methyl sites for hydroxylation is 1. The van der Waals surface area contributed by atoms with Crippen LogP contribution in [0.25, 0.3) is 0 Å². The van der Waals surface area contributed by atoms with Crippen molar-refractivity contribution < 1.29 is 22.7 Å². The Bertz CT molecular complexity index is 1310. The summed E-state index contributed by atoms with van der Waals surface area (Å²) in [5, 5.41) is 0. The van der Waals surface area contributed by atoms with Gasteiger partial charge in [0.1, 0.15) is 0 Å². The molecule has 4 rings (SSSR count). The Morgan fingerprint density at radius 2 is 1.68 bits per heavy atom. The van der Waals surface area contributed by atoms with Crippen LogP contribution >= 0.6 is 0 Å². The minimum absolute atomic E-state index is 0.0679. The number of carbonyl (C=O) groups is 2. The first-order valence-corrected chi connectivity index (χ1v) is 12.7. The quantitative estimate of drug-likeness (QED) is 0.327. The number of aromatic nitrogens is 1. The number of para-hydroxylation sites is 1. The van der Waals surface area contributed by atoms with E-state index in [1.54, 1.807) is 31.2 Å². The van der Waals surface area contributed by atoms with Gasteiger partial charge in [-0.2, -0.15) is 0 Å². The fraction of sp³-hybridized carbons (Fsp3) is 0.308. The lowest BCUT2D eigenvalue weighted by Gasteiger charge is -2.22. The molecule has 8 heteroatoms. The van der Waals surface area contributed by atoms with E-state index in [1.165, 1.54) is 28.6 Å². The van der Waals surface area contributed by atoms with Gasteiger partial charge in [-0.25, -0.2) is 13.2 Å². The van der Waals surface area contributed by atoms with Crippen LogP contribution in [0.2, 0.25) is 0 Å². The summed E-state index contributed by atoms with van der Waals surface area (Å²) in [7, 11) is -3.79. The van der Waals surface area contributed by atoms with E-state index in [0.717, 1.165) is 24.2 Å². The first-order chi connectivity index (χ1) is 16.2. The molecule has 3 aromatic rings. The summed E-state index contributed by atoms with van der Waals surface area (Å²) in [5.74, 6) is -0.933. The predicted octanol–water partition coefficient (Wildman–Crippen LogP) is 4.69. The van der Waals surface area contributed by atoms with Gasteiger partial charge >= 0.3 is 5.97 Å². The van der Waals surface area contributed by atoms with Gasteiger partial charge in [0.25, 0.3) is 10.0 Å². The first-order valence-electron chi connectivity index (χ1n) is 11.3. The number of ketones is 1. The highest BCUT2D eigenvalue weighted by atomic mass is 32.2. The van der Waals surface area contributed by atoms with Crippen LogP contribution in [0.15, 0.2) is 65.6 Å². The van der Waals surface area contributed by atoms with Crippen molar-refractivity contribution in [1.82, 2.24) is 4.57 Å². The third-order valence-electron chi connectivity index (χ3n) is 6.04. The molecule has 1 aromatic heterocycles. The van der Waals surface area contributed by atoms with Crippen molar-refractivity contribution in [2.45, 2.75) is 44.6 Å². The Labute approximate surface area is 200 Å². The number of Topliss-reactive ketones (excluding diaryl/α,β-unsaturated/α-hetero) is 1. The lowest BCUT2D eigenvalue weighted by atomic mass is 10.1. The van der Waals surface area contributed by atoms with Gasteiger partial charge in [0.15, 0.2) is 6.61 Å². The van der Waals surface area contributed by atoms with E-state index in [-0.39, 0.29) is 29.4 Å². The van der Waals surface area contributed by atoms with Crippen LogP contribution in [0.4, 0.5) is 5.69 Å². The molecule has 0 aliphatic heterocycles. The zero-order chi connectivity index (χ0) is 24.5. The fourth-order valence-corrected chi connectivity index (χ4v) is 5.70. The molecule has 0 N–H and O–H groups in total. The van der Waals surface area contributed by atoms with E-state index < -0.39 is 16.0 Å². The molecule has 1 saturated carbocycles. The lowest BCUT2D eigenvalue weighted by molar-refractivity contribution is 0.0474. The number of ether oxygens (including phenoxy) is 1. The van der Waals surface area contributed by atoms with Gasteiger partial charge in [-0.15, -0.1) is 0 Å². The van der Waals surface area contributed by atoms with Crippen molar-refractivity contribution in [3.63, 3.8) is 0 Å². The molecule has 0 atom stereocenters. The first kappa shape index (κ1) is 23.8. The maximum Gasteiger partial charge on any atom is 0.338 e. The normalized spacial score (nSPS) is 13.5. The van der Waals surface area contributed by atoms with E-state index in [9.17, 15) is 18.0 Å². The van der Waals surface area contributed by atoms with Crippen LogP contribution in [0, 0.1) is 13.8 Å². The Balaban J connectivity index is 1.43. The van der Waals surface area contributed by atoms with Crippen molar-refractivity contribution in [3.8, 4) is 0 Å². The minimum atomic E-state index is -3.79. The van der Waals surface area contributed by atoms with E-state index in [4.69, 9.17) is 4.74 Å². The van der Waals surface area contributed by atoms with E-state index in [1.807, 2.05) is 26.0 Å². The molecule has 7 nitrogen and oxygen atoms in total. The van der Waals surface area contributed by atoms with Gasteiger partial charge in [0.05, 0.1) is 16.1 Å². The molecule has 0 amide bonds. The Morgan fingerprint density at radius 1 is 1.03 bits per heavy atom. The maximum absolute atomic E-state index is 13.1. The molecule has 2 aromatic carbocycles. The summed E-state index contributed by atoms with van der Waals surface area (Å²) < 4.78 is 34.9. The number of hydrogen-bond donors (Lipinski definition) is 0. The number of esters is 1. The average molecular weight is 481 g/mol. The monoisotopic (exact) mass is 480 g/mol. The summed E-state index contributed by atoms with van der Waals surface area (Å²) in [6.07, 6.45) is 2.23. The third-order valence-corrected chi connectivity index (χ3v) is 7.96. The smallest absolute Gasteiger partial charge is 0.338 e. The third kappa shape index (κ3) is 4.63. The van der Waals surface area contributed by atoms with Crippen molar-refractivity contribution in [2.24, 2.45) is 0 Å². The van der Waals surface area contributed by atoms with Crippen LogP contribution in [0.5, 0.6) is 0 Å². The SMILES string of the molecule is CCN(c1ccccc1)S(=O)(=O)c1ccc(C(=O)OCC(=O)c2cc(C)n(C3CC3)c2C)cc1. The van der Waals surface area contributed by atoms with Gasteiger partial charge in [0, 0.05) is 29.5 Å². The molecule has 1 fully saturated rings. The second-order valence-electron chi connectivity index (χ2n) is 8.42. The van der Waals surface area contributed by atoms with Crippen LogP contribution < -0.4 is 4.31 Å². The van der Waals surface area contributed by atoms with Gasteiger partial charge < -0.3 is 9.30 Å². The largest absolute Gasteiger partial charge is 0.454 e. The molecule has 34 heavy (non-hydrogen) atoms. The fourth-order valence-electron chi connectivity index (χ4n) is 4.22. The highest BCUT2D eigenvalue weighted by Gasteiger charge is 2.29. The number of carbonyl (C=O) groups excluding carboxylic acids is 2. The van der Waals surface area contributed by atoms with Gasteiger partial charge in [-0.3, -0.25) is 9.10 Å². The van der Waals surface area contributed by atoms with Crippen LogP contribution in [0.3, 0.4) is 0 Å². The molecule has 0 radical (unpaired) electrons. The Hall–Kier alpha value is -3.39. The van der Waals surface area contributed by atoms with Gasteiger partial charge in [-0.1, -0.05) is 18.2 Å². The summed E-state index contributed by atoms with van der Waals surface area (Å²) in [4.78, 5) is 25.2. The second-order valence-corrected chi connectivity index (χ2v) is 10.3. The number of anilines is 1. The number of nitrogens with zero attached hydrogens (tertiary/aromatic N) is 2. The van der Waals surface area contributed by atoms with Crippen LogP contribution in [0.1, 0.15) is 57.9 Å². The molecule has 1 aliphatic rings. The van der Waals surface area contributed by atoms with Crippen LogP contribution in [-0.2, 0) is 14.8 Å². The maximum atomic E-state index is 13.1. The van der Waals surface area contributed by atoms with E-state index in [2.05, 4.69) is 4.57 Å². The zero-order valence-electron chi connectivity index (χ0n) is 19.5. The molecule has 0 unspecified atom stereocenters. The zero-order valence-corrected chi connectivity index (χ0v) is 20.3. The van der Waals surface area contributed by atoms with E-state index in [0.29, 0.717) is 17.3 Å². The molecule has 0 saturated heterocycles. The standard InChI is InChI=1S/C26H28N2O5S/c1-4-27(21-8-6-5-7-9-21)34(31,32)23-14-10-20(11-15-23)26(30)33-17-25(29)24-16-18(2)28(19(24)3)22-12-13-22/h5-11,14-16,22H,4,12-13,17H2,1-3H3. The molecule has 1 aliphatic carbocycles. The summed E-state index contributed by atoms with van der Waals surface area (Å²) >= 11 is 0.